The van der Waals surface area contributed by atoms with Crippen LogP contribution in [0.15, 0.2) is 30.3 Å². The number of aliphatic hydroxyl groups excluding tert-OH is 1. The van der Waals surface area contributed by atoms with Crippen molar-refractivity contribution in [2.45, 2.75) is 6.04 Å². The number of carbonyl (C=O) groups excluding carboxylic acids is 1. The van der Waals surface area contributed by atoms with Gasteiger partial charge in [-0.1, -0.05) is 0 Å². The Labute approximate surface area is 154 Å². The zero-order valence-corrected chi connectivity index (χ0v) is 14.6. The number of benzene rings is 2. The third-order valence-electron chi connectivity index (χ3n) is 3.34. The molecule has 0 fully saturated rings. The predicted octanol–water partition coefficient (Wildman–Crippen LogP) is 2.12. The molecule has 4 N–H and O–H groups in total. The lowest BCUT2D eigenvalue weighted by Gasteiger charge is -2.14. The summed E-state index contributed by atoms with van der Waals surface area (Å²) in [5, 5.41) is 29.9. The second-order valence-corrected chi connectivity index (χ2v) is 6.19. The first-order valence-electron chi connectivity index (χ1n) is 6.87. The van der Waals surface area contributed by atoms with Gasteiger partial charge in [-0.15, -0.1) is 0 Å². The van der Waals surface area contributed by atoms with E-state index >= 15 is 0 Å². The first-order chi connectivity index (χ1) is 11.7. The molecule has 132 valence electrons. The van der Waals surface area contributed by atoms with Crippen molar-refractivity contribution in [2.75, 3.05) is 6.61 Å². The summed E-state index contributed by atoms with van der Waals surface area (Å²) in [7, 11) is 0. The number of carboxylic acids is 1. The predicted molar refractivity (Wildman–Crippen MR) is 92.2 cm³/mol. The summed E-state index contributed by atoms with van der Waals surface area (Å²) in [6.45, 7) is -0.842. The van der Waals surface area contributed by atoms with Crippen LogP contribution in [0.2, 0.25) is 0 Å². The van der Waals surface area contributed by atoms with Gasteiger partial charge in [-0.2, -0.15) is 0 Å². The van der Waals surface area contributed by atoms with Crippen LogP contribution in [0.3, 0.4) is 0 Å². The molecule has 0 spiro atoms. The molecular formula is C16H12F2INO5. The number of halogens is 3. The molecule has 0 radical (unpaired) electrons. The van der Waals surface area contributed by atoms with Gasteiger partial charge in [0.05, 0.1) is 15.7 Å². The maximum Gasteiger partial charge on any atom is 0.328 e. The molecule has 25 heavy (non-hydrogen) atoms. The van der Waals surface area contributed by atoms with Crippen molar-refractivity contribution in [3.8, 4) is 16.9 Å². The van der Waals surface area contributed by atoms with Crippen molar-refractivity contribution >= 4 is 34.5 Å². The Bertz CT molecular complexity index is 844. The zero-order chi connectivity index (χ0) is 18.7. The summed E-state index contributed by atoms with van der Waals surface area (Å²) in [6.07, 6.45) is 0. The first-order valence-corrected chi connectivity index (χ1v) is 7.95. The fourth-order valence-electron chi connectivity index (χ4n) is 2.07. The zero-order valence-electron chi connectivity index (χ0n) is 12.5. The molecule has 0 bridgehead atoms. The first kappa shape index (κ1) is 19.1. The summed E-state index contributed by atoms with van der Waals surface area (Å²) >= 11 is 1.72. The lowest BCUT2D eigenvalue weighted by atomic mass is 10.0. The van der Waals surface area contributed by atoms with Gasteiger partial charge in [0.1, 0.15) is 17.4 Å². The lowest BCUT2D eigenvalue weighted by molar-refractivity contribution is -0.140. The minimum Gasteiger partial charge on any atom is -0.506 e. The molecule has 2 aromatic rings. The number of aliphatic carboxylic acids is 1. The molecule has 6 nitrogen and oxygen atoms in total. The maximum atomic E-state index is 14.0. The Kier molecular flexibility index (Phi) is 5.90. The van der Waals surface area contributed by atoms with Crippen LogP contribution in [-0.2, 0) is 4.79 Å². The van der Waals surface area contributed by atoms with Gasteiger partial charge in [-0.3, -0.25) is 4.79 Å². The molecule has 0 aromatic heterocycles. The molecule has 0 saturated heterocycles. The van der Waals surface area contributed by atoms with E-state index in [9.17, 15) is 23.5 Å². The highest BCUT2D eigenvalue weighted by Gasteiger charge is 2.23. The molecule has 1 amide bonds. The standard InChI is InChI=1S/C16H12F2INO5/c17-8-1-2-9(11(18)5-8)7-3-10(14(22)12(19)4-7)15(23)20-13(6-21)16(24)25/h1-5,13,21-22H,6H2,(H,20,23)(H,24,25)/t13-/m0/s1. The third kappa shape index (κ3) is 4.23. The summed E-state index contributed by atoms with van der Waals surface area (Å²) in [5.41, 5.74) is -0.101. The molecule has 0 aliphatic heterocycles. The van der Waals surface area contributed by atoms with Crippen LogP contribution in [0.5, 0.6) is 5.75 Å². The van der Waals surface area contributed by atoms with Crippen LogP contribution in [-0.4, -0.2) is 39.8 Å². The molecule has 0 heterocycles. The Hall–Kier alpha value is -2.27. The Morgan fingerprint density at radius 3 is 2.44 bits per heavy atom. The van der Waals surface area contributed by atoms with Gasteiger partial charge in [0, 0.05) is 11.6 Å². The largest absolute Gasteiger partial charge is 0.506 e. The van der Waals surface area contributed by atoms with Gasteiger partial charge < -0.3 is 20.6 Å². The molecule has 0 aliphatic carbocycles. The number of amides is 1. The second-order valence-electron chi connectivity index (χ2n) is 5.03. The monoisotopic (exact) mass is 463 g/mol. The van der Waals surface area contributed by atoms with Gasteiger partial charge in [0.15, 0.2) is 6.04 Å². The molecule has 2 rings (SSSR count). The van der Waals surface area contributed by atoms with E-state index in [-0.39, 0.29) is 20.3 Å². The fourth-order valence-corrected chi connectivity index (χ4v) is 2.70. The van der Waals surface area contributed by atoms with Gasteiger partial charge >= 0.3 is 5.97 Å². The summed E-state index contributed by atoms with van der Waals surface area (Å²) < 4.78 is 27.2. The summed E-state index contributed by atoms with van der Waals surface area (Å²) in [5.74, 6) is -4.45. The summed E-state index contributed by atoms with van der Waals surface area (Å²) in [4.78, 5) is 23.1. The molecule has 0 unspecified atom stereocenters. The van der Waals surface area contributed by atoms with Crippen LogP contribution >= 0.6 is 22.6 Å². The van der Waals surface area contributed by atoms with E-state index in [1.165, 1.54) is 12.1 Å². The number of hydrogen-bond acceptors (Lipinski definition) is 4. The fraction of sp³-hybridized carbons (Fsp3) is 0.125. The number of nitrogens with one attached hydrogen (secondary N) is 1. The van der Waals surface area contributed by atoms with Gasteiger partial charge in [-0.25, -0.2) is 13.6 Å². The maximum absolute atomic E-state index is 14.0. The average molecular weight is 463 g/mol. The number of phenols is 1. The number of aliphatic hydroxyl groups is 1. The van der Waals surface area contributed by atoms with Crippen LogP contribution in [0.4, 0.5) is 8.78 Å². The van der Waals surface area contributed by atoms with E-state index in [2.05, 4.69) is 0 Å². The number of carboxylic acid groups (broad SMARTS) is 1. The number of hydrogen-bond donors (Lipinski definition) is 4. The Morgan fingerprint density at radius 1 is 1.20 bits per heavy atom. The van der Waals surface area contributed by atoms with E-state index in [0.29, 0.717) is 6.07 Å². The molecular weight excluding hydrogens is 451 g/mol. The number of aromatic hydroxyl groups is 1. The number of rotatable bonds is 5. The van der Waals surface area contributed by atoms with E-state index in [1.54, 1.807) is 22.6 Å². The minimum absolute atomic E-state index is 0.00492. The van der Waals surface area contributed by atoms with Crippen molar-refractivity contribution in [3.63, 3.8) is 0 Å². The normalized spacial score (nSPS) is 11.8. The topological polar surface area (TPSA) is 107 Å². The molecule has 1 atom stereocenters. The quantitative estimate of drug-likeness (QED) is 0.509. The van der Waals surface area contributed by atoms with Gasteiger partial charge in [0.2, 0.25) is 0 Å². The highest BCUT2D eigenvalue weighted by atomic mass is 127. The number of carbonyl (C=O) groups is 2. The Balaban J connectivity index is 2.47. The van der Waals surface area contributed by atoms with E-state index in [1.807, 2.05) is 5.32 Å². The minimum atomic E-state index is -1.56. The second kappa shape index (κ2) is 7.74. The molecule has 9 heteroatoms. The van der Waals surface area contributed by atoms with Crippen molar-refractivity contribution < 1.29 is 33.7 Å². The molecule has 0 saturated carbocycles. The van der Waals surface area contributed by atoms with Crippen molar-refractivity contribution in [1.29, 1.82) is 0 Å². The van der Waals surface area contributed by atoms with Gasteiger partial charge in [0.25, 0.3) is 5.91 Å². The van der Waals surface area contributed by atoms with Crippen LogP contribution in [0.25, 0.3) is 11.1 Å². The smallest absolute Gasteiger partial charge is 0.328 e. The average Bonchev–Trinajstić information content (AvgIpc) is 2.54. The van der Waals surface area contributed by atoms with Crippen molar-refractivity contribution in [1.82, 2.24) is 5.32 Å². The lowest BCUT2D eigenvalue weighted by Crippen LogP contribution is -2.43. The Morgan fingerprint density at radius 2 is 1.88 bits per heavy atom. The highest BCUT2D eigenvalue weighted by molar-refractivity contribution is 14.1. The third-order valence-corrected chi connectivity index (χ3v) is 4.16. The molecule has 2 aromatic carbocycles. The van der Waals surface area contributed by atoms with Crippen LogP contribution in [0, 0.1) is 15.2 Å². The van der Waals surface area contributed by atoms with E-state index in [4.69, 9.17) is 10.2 Å². The summed E-state index contributed by atoms with van der Waals surface area (Å²) in [6, 6.07) is 3.90. The van der Waals surface area contributed by atoms with Crippen LogP contribution in [0.1, 0.15) is 10.4 Å². The van der Waals surface area contributed by atoms with Crippen LogP contribution < -0.4 is 5.32 Å². The van der Waals surface area contributed by atoms with Gasteiger partial charge in [-0.05, 0) is 52.4 Å². The molecule has 0 aliphatic rings. The van der Waals surface area contributed by atoms with Crippen molar-refractivity contribution in [2.24, 2.45) is 0 Å². The number of phenolic OH excluding ortho intramolecular Hbond substituents is 1. The highest BCUT2D eigenvalue weighted by Crippen LogP contribution is 2.32. The SMILES string of the molecule is O=C(N[C@@H](CO)C(=O)O)c1cc(-c2ccc(F)cc2F)cc(I)c1O. The van der Waals surface area contributed by atoms with E-state index < -0.39 is 41.9 Å². The van der Waals surface area contributed by atoms with Crippen molar-refractivity contribution in [3.05, 3.63) is 51.1 Å². The van der Waals surface area contributed by atoms with E-state index in [0.717, 1.165) is 12.1 Å².